The summed E-state index contributed by atoms with van der Waals surface area (Å²) in [4.78, 5) is 45.9. The highest BCUT2D eigenvalue weighted by molar-refractivity contribution is 7.47. The first kappa shape index (κ1) is 54.0. The van der Waals surface area contributed by atoms with Crippen molar-refractivity contribution in [2.45, 2.75) is 219 Å². The van der Waals surface area contributed by atoms with Crippen molar-refractivity contribution in [3.05, 3.63) is 24.3 Å². The minimum Gasteiger partial charge on any atom is -0.480 e. The van der Waals surface area contributed by atoms with E-state index in [9.17, 15) is 23.8 Å². The normalized spacial score (nSPS) is 13.9. The first-order chi connectivity index (χ1) is 27.1. The quantitative estimate of drug-likeness (QED) is 0.0232. The number of carboxylic acid groups (broad SMARTS) is 1. The molecule has 56 heavy (non-hydrogen) atoms. The molecule has 12 heteroatoms. The lowest BCUT2D eigenvalue weighted by atomic mass is 10.0. The third-order valence-electron chi connectivity index (χ3n) is 9.72. The number of aliphatic carboxylic acids is 1. The average molecular weight is 816 g/mol. The van der Waals surface area contributed by atoms with Crippen LogP contribution in [0.1, 0.15) is 206 Å². The van der Waals surface area contributed by atoms with Gasteiger partial charge in [0.2, 0.25) is 0 Å². The summed E-state index contributed by atoms with van der Waals surface area (Å²) in [6, 6.07) is -1.53. The van der Waals surface area contributed by atoms with Crippen molar-refractivity contribution in [2.75, 3.05) is 19.8 Å². The predicted octanol–water partition coefficient (Wildman–Crippen LogP) is 11.8. The maximum absolute atomic E-state index is 12.6. The molecule has 11 nitrogen and oxygen atoms in total. The van der Waals surface area contributed by atoms with Gasteiger partial charge in [0, 0.05) is 12.8 Å². The molecule has 0 aromatic carbocycles. The number of carbonyl (C=O) groups is 3. The van der Waals surface area contributed by atoms with Crippen LogP contribution >= 0.6 is 7.82 Å². The van der Waals surface area contributed by atoms with Crippen molar-refractivity contribution < 1.29 is 47.5 Å². The highest BCUT2D eigenvalue weighted by Gasteiger charge is 2.28. The molecule has 0 spiro atoms. The smallest absolute Gasteiger partial charge is 0.472 e. The largest absolute Gasteiger partial charge is 0.480 e. The highest BCUT2D eigenvalue weighted by atomic mass is 31.2. The molecule has 3 atom stereocenters. The molecular formula is C44H82NO10P. The lowest BCUT2D eigenvalue weighted by Gasteiger charge is -2.20. The summed E-state index contributed by atoms with van der Waals surface area (Å²) >= 11 is 0. The van der Waals surface area contributed by atoms with Crippen molar-refractivity contribution >= 4 is 25.7 Å². The lowest BCUT2D eigenvalue weighted by Crippen LogP contribution is -2.34. The zero-order valence-electron chi connectivity index (χ0n) is 35.5. The van der Waals surface area contributed by atoms with Gasteiger partial charge in [-0.3, -0.25) is 23.4 Å². The van der Waals surface area contributed by atoms with E-state index in [2.05, 4.69) is 30.5 Å². The van der Waals surface area contributed by atoms with Crippen LogP contribution in [0.4, 0.5) is 0 Å². The van der Waals surface area contributed by atoms with Gasteiger partial charge in [0.05, 0.1) is 13.2 Å². The molecule has 0 aromatic rings. The van der Waals surface area contributed by atoms with E-state index in [4.69, 9.17) is 24.8 Å². The van der Waals surface area contributed by atoms with E-state index < -0.39 is 51.1 Å². The molecule has 4 N–H and O–H groups in total. The zero-order valence-corrected chi connectivity index (χ0v) is 36.4. The summed E-state index contributed by atoms with van der Waals surface area (Å²) in [7, 11) is -4.73. The van der Waals surface area contributed by atoms with Crippen LogP contribution in [-0.4, -0.2) is 59.9 Å². The molecule has 3 unspecified atom stereocenters. The van der Waals surface area contributed by atoms with Gasteiger partial charge in [-0.2, -0.15) is 0 Å². The minimum absolute atomic E-state index is 0.0587. The van der Waals surface area contributed by atoms with Crippen LogP contribution in [0.25, 0.3) is 0 Å². The van der Waals surface area contributed by atoms with Crippen LogP contribution in [0.5, 0.6) is 0 Å². The summed E-state index contributed by atoms with van der Waals surface area (Å²) < 4.78 is 32.6. The number of phosphoric ester groups is 1. The van der Waals surface area contributed by atoms with E-state index in [0.717, 1.165) is 32.1 Å². The molecule has 0 fully saturated rings. The SMILES string of the molecule is CCCCCCCCCCCC/C=C\C/C=C\CCC(=O)OC(COC(=O)CCCCCCCCCCCCCCCCC)COP(=O)(O)OCC(N)C(=O)O. The van der Waals surface area contributed by atoms with Gasteiger partial charge in [-0.15, -0.1) is 0 Å². The first-order valence-corrected chi connectivity index (χ1v) is 23.9. The Morgan fingerprint density at radius 3 is 1.46 bits per heavy atom. The summed E-state index contributed by atoms with van der Waals surface area (Å²) in [5.74, 6) is -2.45. The van der Waals surface area contributed by atoms with E-state index >= 15 is 0 Å². The van der Waals surface area contributed by atoms with Crippen LogP contribution in [0, 0.1) is 0 Å². The number of carboxylic acids is 1. The Kier molecular flexibility index (Phi) is 38.3. The second kappa shape index (κ2) is 39.8. The minimum atomic E-state index is -4.73. The molecule has 0 aliphatic rings. The van der Waals surface area contributed by atoms with E-state index in [1.165, 1.54) is 135 Å². The predicted molar refractivity (Wildman–Crippen MR) is 226 cm³/mol. The van der Waals surface area contributed by atoms with Gasteiger partial charge in [-0.1, -0.05) is 186 Å². The molecule has 0 saturated carbocycles. The van der Waals surface area contributed by atoms with Crippen molar-refractivity contribution in [1.82, 2.24) is 0 Å². The Morgan fingerprint density at radius 2 is 0.982 bits per heavy atom. The van der Waals surface area contributed by atoms with Gasteiger partial charge in [-0.05, 0) is 32.1 Å². The first-order valence-electron chi connectivity index (χ1n) is 22.4. The third kappa shape index (κ3) is 38.8. The molecule has 328 valence electrons. The summed E-state index contributed by atoms with van der Waals surface area (Å²) in [5.41, 5.74) is 5.33. The molecule has 0 aliphatic heterocycles. The number of nitrogens with two attached hydrogens (primary N) is 1. The van der Waals surface area contributed by atoms with Crippen LogP contribution in [-0.2, 0) is 37.5 Å². The number of esters is 2. The number of hydrogen-bond donors (Lipinski definition) is 3. The van der Waals surface area contributed by atoms with Gasteiger partial charge in [0.15, 0.2) is 6.10 Å². The number of allylic oxidation sites excluding steroid dienone is 4. The number of rotatable bonds is 42. The molecule has 0 heterocycles. The molecule has 0 radical (unpaired) electrons. The van der Waals surface area contributed by atoms with Gasteiger partial charge < -0.3 is 25.2 Å². The Bertz CT molecular complexity index is 1050. The van der Waals surface area contributed by atoms with Crippen molar-refractivity contribution in [1.29, 1.82) is 0 Å². The van der Waals surface area contributed by atoms with Gasteiger partial charge in [-0.25, -0.2) is 4.57 Å². The Hall–Kier alpha value is -2.04. The van der Waals surface area contributed by atoms with Crippen LogP contribution in [0.2, 0.25) is 0 Å². The summed E-state index contributed by atoms with van der Waals surface area (Å²) in [6.07, 6.45) is 41.2. The summed E-state index contributed by atoms with van der Waals surface area (Å²) in [6.45, 7) is 2.77. The second-order valence-corrected chi connectivity index (χ2v) is 16.6. The van der Waals surface area contributed by atoms with Crippen LogP contribution in [0.15, 0.2) is 24.3 Å². The molecule has 0 aromatic heterocycles. The molecule has 0 aliphatic carbocycles. The van der Waals surface area contributed by atoms with Crippen molar-refractivity contribution in [2.24, 2.45) is 5.73 Å². The highest BCUT2D eigenvalue weighted by Crippen LogP contribution is 2.43. The van der Waals surface area contributed by atoms with Crippen molar-refractivity contribution in [3.63, 3.8) is 0 Å². The maximum atomic E-state index is 12.6. The molecule has 0 bridgehead atoms. The Morgan fingerprint density at radius 1 is 0.554 bits per heavy atom. The van der Waals surface area contributed by atoms with Crippen molar-refractivity contribution in [3.8, 4) is 0 Å². The monoisotopic (exact) mass is 816 g/mol. The average Bonchev–Trinajstić information content (AvgIpc) is 3.17. The lowest BCUT2D eigenvalue weighted by molar-refractivity contribution is -0.161. The van der Waals surface area contributed by atoms with Gasteiger partial charge >= 0.3 is 25.7 Å². The fourth-order valence-corrected chi connectivity index (χ4v) is 6.96. The number of ether oxygens (including phenoxy) is 2. The Labute approximate surface area is 340 Å². The van der Waals surface area contributed by atoms with Crippen LogP contribution in [0.3, 0.4) is 0 Å². The fourth-order valence-electron chi connectivity index (χ4n) is 6.18. The molecular weight excluding hydrogens is 733 g/mol. The second-order valence-electron chi connectivity index (χ2n) is 15.2. The van der Waals surface area contributed by atoms with E-state index in [0.29, 0.717) is 12.8 Å². The molecule has 0 amide bonds. The molecule has 0 saturated heterocycles. The van der Waals surface area contributed by atoms with Gasteiger partial charge in [0.1, 0.15) is 12.6 Å². The summed E-state index contributed by atoms with van der Waals surface area (Å²) in [5, 5.41) is 8.89. The maximum Gasteiger partial charge on any atom is 0.472 e. The standard InChI is InChI=1S/C44H82NO10P/c1-3-5-7-9-11-13-15-17-19-20-22-24-26-28-30-32-34-36-43(47)55-40(38-53-56(50,51)54-39-41(45)44(48)49)37-52-42(46)35-33-31-29-27-25-23-21-18-16-14-12-10-8-6-4-2/h24,26,30,32,40-41H,3-23,25,27-29,31,33-39,45H2,1-2H3,(H,48,49)(H,50,51)/b26-24-,32-30-. The zero-order chi connectivity index (χ0) is 41.4. The van der Waals surface area contributed by atoms with E-state index in [1.54, 1.807) is 0 Å². The molecule has 0 rings (SSSR count). The van der Waals surface area contributed by atoms with Crippen LogP contribution < -0.4 is 5.73 Å². The topological polar surface area (TPSA) is 172 Å². The number of carbonyl (C=O) groups excluding carboxylic acids is 2. The van der Waals surface area contributed by atoms with E-state index in [1.807, 2.05) is 12.2 Å². The van der Waals surface area contributed by atoms with Gasteiger partial charge in [0.25, 0.3) is 0 Å². The number of phosphoric acid groups is 1. The Balaban J connectivity index is 4.40. The third-order valence-corrected chi connectivity index (χ3v) is 10.7. The number of hydrogen-bond acceptors (Lipinski definition) is 9. The van der Waals surface area contributed by atoms with E-state index in [-0.39, 0.29) is 19.4 Å². The fraction of sp³-hybridized carbons (Fsp3) is 0.841. The number of unbranched alkanes of at least 4 members (excludes halogenated alkanes) is 24.